The number of methoxy groups -OCH3 is 1. The molecule has 0 atom stereocenters. The molecule has 0 bridgehead atoms. The van der Waals surface area contributed by atoms with Gasteiger partial charge in [0.25, 0.3) is 5.91 Å². The summed E-state index contributed by atoms with van der Waals surface area (Å²) in [4.78, 5) is 35.1. The van der Waals surface area contributed by atoms with Crippen molar-refractivity contribution in [3.05, 3.63) is 42.6 Å². The van der Waals surface area contributed by atoms with Gasteiger partial charge in [-0.1, -0.05) is 18.2 Å². The van der Waals surface area contributed by atoms with E-state index in [2.05, 4.69) is 27.2 Å². The predicted octanol–water partition coefficient (Wildman–Crippen LogP) is 2.16. The quantitative estimate of drug-likeness (QED) is 0.643. The number of aromatic nitrogens is 1. The third-order valence-corrected chi connectivity index (χ3v) is 2.23. The number of rotatable bonds is 1. The van der Waals surface area contributed by atoms with Crippen molar-refractivity contribution in [3.63, 3.8) is 0 Å². The second-order valence-corrected chi connectivity index (χ2v) is 3.53. The van der Waals surface area contributed by atoms with Gasteiger partial charge in [-0.25, -0.2) is 4.79 Å². The number of hydrogen-bond acceptors (Lipinski definition) is 4. The van der Waals surface area contributed by atoms with Crippen LogP contribution in [0.5, 0.6) is 0 Å². The Morgan fingerprint density at radius 3 is 2.38 bits per heavy atom. The molecule has 0 radical (unpaired) electrons. The zero-order valence-electron chi connectivity index (χ0n) is 11.9. The number of amides is 1. The maximum absolute atomic E-state index is 11.2. The molecule has 1 amide bonds. The second-order valence-electron chi connectivity index (χ2n) is 3.53. The summed E-state index contributed by atoms with van der Waals surface area (Å²) >= 11 is 0. The van der Waals surface area contributed by atoms with Gasteiger partial charge in [-0.05, 0) is 18.5 Å². The van der Waals surface area contributed by atoms with Crippen LogP contribution in [0.1, 0.15) is 17.3 Å². The Morgan fingerprint density at radius 1 is 1.29 bits per heavy atom. The number of carbonyl (C=O) groups excluding carboxylic acids is 3. The maximum atomic E-state index is 11.2. The van der Waals surface area contributed by atoms with Gasteiger partial charge in [0.2, 0.25) is 0 Å². The molecule has 21 heavy (non-hydrogen) atoms. The molecule has 2 aromatic rings. The summed E-state index contributed by atoms with van der Waals surface area (Å²) in [7, 11) is 1.38. The predicted molar refractivity (Wildman–Crippen MR) is 80.5 cm³/mol. The van der Waals surface area contributed by atoms with Crippen molar-refractivity contribution in [2.75, 3.05) is 7.11 Å². The molecule has 0 fully saturated rings. The Balaban J connectivity index is 0.000000427. The summed E-state index contributed by atoms with van der Waals surface area (Å²) < 4.78 is 4.64. The highest BCUT2D eigenvalue weighted by molar-refractivity contribution is 6.03. The average Bonchev–Trinajstić information content (AvgIpc) is 2.93. The van der Waals surface area contributed by atoms with E-state index in [9.17, 15) is 9.59 Å². The van der Waals surface area contributed by atoms with Gasteiger partial charge in [0.05, 0.1) is 12.7 Å². The molecule has 0 aliphatic rings. The highest BCUT2D eigenvalue weighted by Crippen LogP contribution is 2.17. The molecular weight excluding hydrogens is 272 g/mol. The van der Waals surface area contributed by atoms with Crippen LogP contribution in [0.2, 0.25) is 0 Å². The molecule has 1 aromatic heterocycles. The van der Waals surface area contributed by atoms with Crippen molar-refractivity contribution in [3.8, 4) is 0 Å². The van der Waals surface area contributed by atoms with Gasteiger partial charge in [0.15, 0.2) is 0 Å². The fraction of sp³-hybridized carbons (Fsp3) is 0.133. The molecule has 2 rings (SSSR count). The van der Waals surface area contributed by atoms with Crippen molar-refractivity contribution in [2.45, 2.75) is 6.92 Å². The lowest BCUT2D eigenvalue weighted by atomic mass is 10.2. The van der Waals surface area contributed by atoms with Gasteiger partial charge in [0.1, 0.15) is 6.79 Å². The summed E-state index contributed by atoms with van der Waals surface area (Å²) in [6.45, 7) is 6.43. The maximum Gasteiger partial charge on any atom is 0.340 e. The molecule has 110 valence electrons. The average molecular weight is 288 g/mol. The lowest BCUT2D eigenvalue weighted by Gasteiger charge is -1.95. The van der Waals surface area contributed by atoms with E-state index in [0.717, 1.165) is 10.9 Å². The molecular formula is C15H16N2O4. The largest absolute Gasteiger partial charge is 0.465 e. The summed E-state index contributed by atoms with van der Waals surface area (Å²) in [6.07, 6.45) is 1.66. The minimum absolute atomic E-state index is 0.259. The highest BCUT2D eigenvalue weighted by atomic mass is 16.5. The first-order valence-electron chi connectivity index (χ1n) is 5.76. The number of H-pyrrole nitrogens is 1. The van der Waals surface area contributed by atoms with E-state index in [1.54, 1.807) is 6.20 Å². The van der Waals surface area contributed by atoms with Gasteiger partial charge >= 0.3 is 5.97 Å². The number of aromatic amines is 1. The summed E-state index contributed by atoms with van der Waals surface area (Å²) in [6, 6.07) is 7.61. The van der Waals surface area contributed by atoms with Crippen LogP contribution in [0, 0.1) is 0 Å². The van der Waals surface area contributed by atoms with Crippen molar-refractivity contribution in [2.24, 2.45) is 4.99 Å². The molecule has 6 nitrogen and oxygen atoms in total. The van der Waals surface area contributed by atoms with Crippen LogP contribution in [0.3, 0.4) is 0 Å². The minimum Gasteiger partial charge on any atom is -0.465 e. The van der Waals surface area contributed by atoms with E-state index in [1.165, 1.54) is 14.0 Å². The number of para-hydroxylation sites is 1. The smallest absolute Gasteiger partial charge is 0.340 e. The van der Waals surface area contributed by atoms with Crippen LogP contribution in [0.4, 0.5) is 0 Å². The van der Waals surface area contributed by atoms with Crippen molar-refractivity contribution in [1.29, 1.82) is 0 Å². The molecule has 0 saturated carbocycles. The number of fused-ring (bicyclic) bond motifs is 1. The number of hydrogen-bond donors (Lipinski definition) is 1. The summed E-state index contributed by atoms with van der Waals surface area (Å²) in [5, 5.41) is 0.898. The Morgan fingerprint density at radius 2 is 1.90 bits per heavy atom. The number of nitrogens with zero attached hydrogens (tertiary/aromatic N) is 1. The van der Waals surface area contributed by atoms with E-state index in [-0.39, 0.29) is 11.9 Å². The third-order valence-electron chi connectivity index (χ3n) is 2.23. The SMILES string of the molecule is C=C=NC(C)=O.C=O.COC(=O)c1c[nH]c2ccccc12. The van der Waals surface area contributed by atoms with E-state index in [4.69, 9.17) is 4.79 Å². The van der Waals surface area contributed by atoms with Crippen molar-refractivity contribution >= 4 is 35.4 Å². The first-order chi connectivity index (χ1) is 10.1. The molecule has 0 saturated heterocycles. The number of carbonyl (C=O) groups is 3. The van der Waals surface area contributed by atoms with Gasteiger partial charge in [-0.15, -0.1) is 0 Å². The van der Waals surface area contributed by atoms with Gasteiger partial charge in [0, 0.05) is 24.0 Å². The number of benzene rings is 1. The Kier molecular flexibility index (Phi) is 8.48. The van der Waals surface area contributed by atoms with Crippen LogP contribution in [-0.4, -0.2) is 36.6 Å². The van der Waals surface area contributed by atoms with Crippen LogP contribution in [-0.2, 0) is 14.3 Å². The monoisotopic (exact) mass is 288 g/mol. The molecule has 0 aliphatic heterocycles. The minimum atomic E-state index is -0.308. The van der Waals surface area contributed by atoms with Crippen LogP contribution >= 0.6 is 0 Å². The Hall–Kier alpha value is -2.98. The van der Waals surface area contributed by atoms with Crippen LogP contribution in [0.15, 0.2) is 42.0 Å². The van der Waals surface area contributed by atoms with Crippen molar-refractivity contribution in [1.82, 2.24) is 4.98 Å². The van der Waals surface area contributed by atoms with Gasteiger partial charge in [-0.3, -0.25) is 4.79 Å². The van der Waals surface area contributed by atoms with Crippen molar-refractivity contribution < 1.29 is 19.1 Å². The van der Waals surface area contributed by atoms with E-state index in [1.807, 2.05) is 31.1 Å². The first kappa shape index (κ1) is 18.0. The number of nitrogens with one attached hydrogen (secondary N) is 1. The number of esters is 1. The molecule has 0 aliphatic carbocycles. The fourth-order valence-corrected chi connectivity index (χ4v) is 1.46. The molecule has 0 unspecified atom stereocenters. The lowest BCUT2D eigenvalue weighted by molar-refractivity contribution is -0.115. The zero-order chi connectivity index (χ0) is 16.3. The molecule has 1 N–H and O–H groups in total. The standard InChI is InChI=1S/C10H9NO2.C4H5NO.CH2O/c1-13-10(12)8-6-11-9-5-3-2-4-7(8)9;1-3-5-4(2)6;1-2/h2-6,11H,1H3;1H2,2H3;1H2. The normalized spacial score (nSPS) is 8.29. The molecule has 6 heteroatoms. The molecule has 1 heterocycles. The van der Waals surface area contributed by atoms with Gasteiger partial charge in [-0.2, -0.15) is 4.99 Å². The second kappa shape index (κ2) is 9.89. The van der Waals surface area contributed by atoms with Crippen LogP contribution < -0.4 is 0 Å². The topological polar surface area (TPSA) is 88.6 Å². The fourth-order valence-electron chi connectivity index (χ4n) is 1.46. The lowest BCUT2D eigenvalue weighted by Crippen LogP contribution is -1.99. The molecule has 0 spiro atoms. The first-order valence-corrected chi connectivity index (χ1v) is 5.76. The summed E-state index contributed by atoms with van der Waals surface area (Å²) in [5.74, 6) is 1.53. The third kappa shape index (κ3) is 5.67. The number of aliphatic imine (C=N–C) groups is 1. The van der Waals surface area contributed by atoms with E-state index < -0.39 is 0 Å². The number of ether oxygens (including phenoxy) is 1. The Labute approximate surface area is 122 Å². The molecule has 1 aromatic carbocycles. The zero-order valence-corrected chi connectivity index (χ0v) is 11.9. The van der Waals surface area contributed by atoms with Crippen LogP contribution in [0.25, 0.3) is 10.9 Å². The highest BCUT2D eigenvalue weighted by Gasteiger charge is 2.10. The van der Waals surface area contributed by atoms with E-state index >= 15 is 0 Å². The summed E-state index contributed by atoms with van der Waals surface area (Å²) in [5.41, 5.74) is 1.53. The van der Waals surface area contributed by atoms with E-state index in [0.29, 0.717) is 5.56 Å². The van der Waals surface area contributed by atoms with Gasteiger partial charge < -0.3 is 14.5 Å². The Bertz CT molecular complexity index is 654.